The summed E-state index contributed by atoms with van der Waals surface area (Å²) in [7, 11) is 0. The summed E-state index contributed by atoms with van der Waals surface area (Å²) >= 11 is 0. The maximum atomic E-state index is 13.9. The zero-order valence-corrected chi connectivity index (χ0v) is 17.9. The van der Waals surface area contributed by atoms with Gasteiger partial charge in [0.25, 0.3) is 0 Å². The summed E-state index contributed by atoms with van der Waals surface area (Å²) in [5, 5.41) is 6.54. The molecule has 8 heteroatoms. The van der Waals surface area contributed by atoms with Crippen LogP contribution in [0.1, 0.15) is 19.4 Å². The SMILES string of the molecule is CCNC(=NCc1ccc(OCC)c(F)c1)NCCN1CCOCC1.I. The average molecular weight is 480 g/mol. The lowest BCUT2D eigenvalue weighted by Gasteiger charge is -2.26. The topological polar surface area (TPSA) is 58.1 Å². The van der Waals surface area contributed by atoms with Crippen LogP contribution in [-0.2, 0) is 11.3 Å². The van der Waals surface area contributed by atoms with E-state index in [0.717, 1.165) is 57.5 Å². The lowest BCUT2D eigenvalue weighted by atomic mass is 10.2. The van der Waals surface area contributed by atoms with E-state index in [0.29, 0.717) is 13.2 Å². The van der Waals surface area contributed by atoms with Gasteiger partial charge >= 0.3 is 0 Å². The van der Waals surface area contributed by atoms with Gasteiger partial charge in [-0.2, -0.15) is 0 Å². The standard InChI is InChI=1S/C18H29FN4O2.HI/c1-3-20-18(21-7-8-23-9-11-24-12-10-23)22-14-15-5-6-17(25-4-2)16(19)13-15;/h5-6,13H,3-4,7-12,14H2,1-2H3,(H2,20,21,22);1H. The summed E-state index contributed by atoms with van der Waals surface area (Å²) < 4.78 is 24.5. The Morgan fingerprint density at radius 1 is 1.27 bits per heavy atom. The van der Waals surface area contributed by atoms with Crippen LogP contribution in [0.2, 0.25) is 0 Å². The molecular weight excluding hydrogens is 450 g/mol. The van der Waals surface area contributed by atoms with Crippen LogP contribution in [0.15, 0.2) is 23.2 Å². The molecule has 1 heterocycles. The van der Waals surface area contributed by atoms with Gasteiger partial charge in [0, 0.05) is 32.7 Å². The maximum Gasteiger partial charge on any atom is 0.191 e. The molecule has 0 atom stereocenters. The molecule has 0 spiro atoms. The van der Waals surface area contributed by atoms with Gasteiger partial charge < -0.3 is 20.1 Å². The molecule has 0 aliphatic carbocycles. The van der Waals surface area contributed by atoms with Gasteiger partial charge in [-0.1, -0.05) is 6.07 Å². The zero-order valence-electron chi connectivity index (χ0n) is 15.6. The lowest BCUT2D eigenvalue weighted by Crippen LogP contribution is -2.44. The van der Waals surface area contributed by atoms with Gasteiger partial charge in [-0.05, 0) is 31.5 Å². The van der Waals surface area contributed by atoms with Crippen molar-refractivity contribution in [3.8, 4) is 5.75 Å². The minimum atomic E-state index is -0.347. The minimum Gasteiger partial charge on any atom is -0.491 e. The quantitative estimate of drug-likeness (QED) is 0.340. The second kappa shape index (κ2) is 13.1. The molecule has 1 saturated heterocycles. The molecule has 2 rings (SSSR count). The van der Waals surface area contributed by atoms with Crippen molar-refractivity contribution in [1.29, 1.82) is 0 Å². The fourth-order valence-corrected chi connectivity index (χ4v) is 2.58. The van der Waals surface area contributed by atoms with Crippen molar-refractivity contribution in [3.05, 3.63) is 29.6 Å². The van der Waals surface area contributed by atoms with Crippen molar-refractivity contribution >= 4 is 29.9 Å². The fraction of sp³-hybridized carbons (Fsp3) is 0.611. The van der Waals surface area contributed by atoms with Crippen LogP contribution in [0.4, 0.5) is 4.39 Å². The predicted molar refractivity (Wildman–Crippen MR) is 113 cm³/mol. The molecular formula is C18H30FIN4O2. The maximum absolute atomic E-state index is 13.9. The van der Waals surface area contributed by atoms with Gasteiger partial charge in [0.1, 0.15) is 0 Å². The van der Waals surface area contributed by atoms with Crippen LogP contribution < -0.4 is 15.4 Å². The molecule has 1 aliphatic rings. The van der Waals surface area contributed by atoms with E-state index in [9.17, 15) is 4.39 Å². The number of nitrogens with one attached hydrogen (secondary N) is 2. The van der Waals surface area contributed by atoms with E-state index < -0.39 is 0 Å². The molecule has 2 N–H and O–H groups in total. The summed E-state index contributed by atoms with van der Waals surface area (Å²) in [5.41, 5.74) is 0.811. The van der Waals surface area contributed by atoms with E-state index in [1.54, 1.807) is 6.07 Å². The molecule has 1 aromatic carbocycles. The van der Waals surface area contributed by atoms with Gasteiger partial charge in [-0.25, -0.2) is 9.38 Å². The highest BCUT2D eigenvalue weighted by atomic mass is 127. The Balaban J connectivity index is 0.00000338. The Kier molecular flexibility index (Phi) is 11.5. The minimum absolute atomic E-state index is 0. The third kappa shape index (κ3) is 8.05. The highest BCUT2D eigenvalue weighted by Gasteiger charge is 2.09. The second-order valence-electron chi connectivity index (χ2n) is 5.77. The van der Waals surface area contributed by atoms with Crippen molar-refractivity contribution < 1.29 is 13.9 Å². The monoisotopic (exact) mass is 480 g/mol. The average Bonchev–Trinajstić information content (AvgIpc) is 2.63. The Hall–Kier alpha value is -1.13. The number of rotatable bonds is 8. The smallest absolute Gasteiger partial charge is 0.191 e. The first-order chi connectivity index (χ1) is 12.2. The number of morpholine rings is 1. The van der Waals surface area contributed by atoms with E-state index in [1.165, 1.54) is 6.07 Å². The van der Waals surface area contributed by atoms with E-state index in [-0.39, 0.29) is 35.5 Å². The molecule has 0 radical (unpaired) electrons. The molecule has 0 aromatic heterocycles. The number of aliphatic imine (C=N–C) groups is 1. The first-order valence-corrected chi connectivity index (χ1v) is 8.96. The Labute approximate surface area is 172 Å². The summed E-state index contributed by atoms with van der Waals surface area (Å²) in [6.07, 6.45) is 0. The van der Waals surface area contributed by atoms with Crippen LogP contribution >= 0.6 is 24.0 Å². The van der Waals surface area contributed by atoms with Gasteiger partial charge in [0.2, 0.25) is 0 Å². The third-order valence-electron chi connectivity index (χ3n) is 3.88. The molecule has 0 saturated carbocycles. The van der Waals surface area contributed by atoms with Gasteiger partial charge in [-0.3, -0.25) is 4.90 Å². The Bertz CT molecular complexity index is 554. The highest BCUT2D eigenvalue weighted by Crippen LogP contribution is 2.18. The molecule has 148 valence electrons. The molecule has 1 fully saturated rings. The molecule has 1 aliphatic heterocycles. The highest BCUT2D eigenvalue weighted by molar-refractivity contribution is 14.0. The fourth-order valence-electron chi connectivity index (χ4n) is 2.58. The van der Waals surface area contributed by atoms with Crippen LogP contribution in [0.25, 0.3) is 0 Å². The lowest BCUT2D eigenvalue weighted by molar-refractivity contribution is 0.0389. The molecule has 0 unspecified atom stereocenters. The molecule has 26 heavy (non-hydrogen) atoms. The number of benzene rings is 1. The second-order valence-corrected chi connectivity index (χ2v) is 5.77. The zero-order chi connectivity index (χ0) is 17.9. The summed E-state index contributed by atoms with van der Waals surface area (Å²) in [5.74, 6) is 0.677. The van der Waals surface area contributed by atoms with Gasteiger partial charge in [-0.15, -0.1) is 24.0 Å². The summed E-state index contributed by atoms with van der Waals surface area (Å²) in [6, 6.07) is 4.98. The van der Waals surface area contributed by atoms with Crippen molar-refractivity contribution in [1.82, 2.24) is 15.5 Å². The van der Waals surface area contributed by atoms with Crippen molar-refractivity contribution in [2.75, 3.05) is 52.5 Å². The first kappa shape index (κ1) is 22.9. The normalized spacial score (nSPS) is 15.3. The molecule has 0 amide bonds. The van der Waals surface area contributed by atoms with E-state index in [4.69, 9.17) is 9.47 Å². The first-order valence-electron chi connectivity index (χ1n) is 8.96. The molecule has 0 bridgehead atoms. The number of nitrogens with zero attached hydrogens (tertiary/aromatic N) is 2. The number of ether oxygens (including phenoxy) is 2. The van der Waals surface area contributed by atoms with Crippen LogP contribution in [0.5, 0.6) is 5.75 Å². The Morgan fingerprint density at radius 2 is 2.04 bits per heavy atom. The molecule has 6 nitrogen and oxygen atoms in total. The third-order valence-corrected chi connectivity index (χ3v) is 3.88. The van der Waals surface area contributed by atoms with Crippen LogP contribution in [-0.4, -0.2) is 63.4 Å². The van der Waals surface area contributed by atoms with Crippen molar-refractivity contribution in [2.24, 2.45) is 4.99 Å². The number of guanidine groups is 1. The largest absolute Gasteiger partial charge is 0.491 e. The van der Waals surface area contributed by atoms with Gasteiger partial charge in [0.15, 0.2) is 17.5 Å². The number of halogens is 2. The molecule has 1 aromatic rings. The number of hydrogen-bond donors (Lipinski definition) is 2. The summed E-state index contributed by atoms with van der Waals surface area (Å²) in [4.78, 5) is 6.89. The van der Waals surface area contributed by atoms with Crippen molar-refractivity contribution in [3.63, 3.8) is 0 Å². The summed E-state index contributed by atoms with van der Waals surface area (Å²) in [6.45, 7) is 10.8. The van der Waals surface area contributed by atoms with Crippen LogP contribution in [0, 0.1) is 5.82 Å². The predicted octanol–water partition coefficient (Wildman–Crippen LogP) is 2.23. The van der Waals surface area contributed by atoms with Crippen molar-refractivity contribution in [2.45, 2.75) is 20.4 Å². The Morgan fingerprint density at radius 3 is 2.69 bits per heavy atom. The van der Waals surface area contributed by atoms with E-state index in [1.807, 2.05) is 19.9 Å². The van der Waals surface area contributed by atoms with Crippen LogP contribution in [0.3, 0.4) is 0 Å². The van der Waals surface area contributed by atoms with E-state index in [2.05, 4.69) is 20.5 Å². The van der Waals surface area contributed by atoms with E-state index >= 15 is 0 Å². The van der Waals surface area contributed by atoms with Gasteiger partial charge in [0.05, 0.1) is 26.4 Å². The number of hydrogen-bond acceptors (Lipinski definition) is 4.